The summed E-state index contributed by atoms with van der Waals surface area (Å²) >= 11 is 1.29. The Morgan fingerprint density at radius 2 is 1.88 bits per heavy atom. The molecule has 1 amide bonds. The van der Waals surface area contributed by atoms with Crippen molar-refractivity contribution in [1.82, 2.24) is 5.32 Å². The van der Waals surface area contributed by atoms with Gasteiger partial charge in [0.05, 0.1) is 11.4 Å². The first-order valence-electron chi connectivity index (χ1n) is 7.97. The Morgan fingerprint density at radius 3 is 2.58 bits per heavy atom. The number of aliphatic hydroxyl groups is 1. The van der Waals surface area contributed by atoms with Crippen molar-refractivity contribution < 1.29 is 18.7 Å². The predicted molar refractivity (Wildman–Crippen MR) is 98.0 cm³/mol. The average molecular weight is 373 g/mol. The highest BCUT2D eigenvalue weighted by Crippen LogP contribution is 2.29. The number of hydrogen-bond acceptors (Lipinski definition) is 3. The third-order valence-electron chi connectivity index (χ3n) is 4.06. The lowest BCUT2D eigenvalue weighted by molar-refractivity contribution is 0.0495. The third-order valence-corrected chi connectivity index (χ3v) is 4.97. The molecule has 0 bridgehead atoms. The number of halogens is 2. The zero-order valence-electron chi connectivity index (χ0n) is 14.0. The Kier molecular flexibility index (Phi) is 5.15. The summed E-state index contributed by atoms with van der Waals surface area (Å²) in [6.07, 6.45) is 0. The molecule has 6 heteroatoms. The van der Waals surface area contributed by atoms with Crippen molar-refractivity contribution in [2.24, 2.45) is 0 Å². The molecule has 3 nitrogen and oxygen atoms in total. The number of carbonyl (C=O) groups excluding carboxylic acids is 1. The number of thiophene rings is 1. The third kappa shape index (κ3) is 3.81. The fraction of sp³-hybridized carbons (Fsp3) is 0.150. The fourth-order valence-corrected chi connectivity index (χ4v) is 3.52. The smallest absolute Gasteiger partial charge is 0.262 e. The standard InChI is InChI=1S/C20H17F2NO2S/c1-20(25,16-8-7-14(21)11-17(16)22)12-23-19(24)18-15(9-10-26-18)13-5-3-2-4-6-13/h2-11,25H,12H2,1H3,(H,23,24)/t20-/m0/s1. The normalized spacial score (nSPS) is 13.2. The molecule has 0 spiro atoms. The number of hydrogen-bond donors (Lipinski definition) is 2. The molecule has 0 aliphatic rings. The first kappa shape index (κ1) is 18.2. The molecule has 134 valence electrons. The maximum atomic E-state index is 13.9. The summed E-state index contributed by atoms with van der Waals surface area (Å²) < 4.78 is 27.0. The molecule has 2 N–H and O–H groups in total. The van der Waals surface area contributed by atoms with Crippen LogP contribution in [-0.4, -0.2) is 17.6 Å². The second-order valence-corrected chi connectivity index (χ2v) is 7.03. The number of carbonyl (C=O) groups is 1. The Balaban J connectivity index is 1.76. The van der Waals surface area contributed by atoms with Crippen LogP contribution in [0.5, 0.6) is 0 Å². The van der Waals surface area contributed by atoms with E-state index in [4.69, 9.17) is 0 Å². The molecule has 1 aromatic heterocycles. The van der Waals surface area contributed by atoms with Crippen molar-refractivity contribution in [3.8, 4) is 11.1 Å². The van der Waals surface area contributed by atoms with E-state index in [0.29, 0.717) is 10.9 Å². The van der Waals surface area contributed by atoms with E-state index < -0.39 is 17.2 Å². The van der Waals surface area contributed by atoms with Gasteiger partial charge in [-0.2, -0.15) is 0 Å². The SMILES string of the molecule is C[C@](O)(CNC(=O)c1sccc1-c1ccccc1)c1ccc(F)cc1F. The van der Waals surface area contributed by atoms with Crippen molar-refractivity contribution in [3.05, 3.63) is 82.1 Å². The van der Waals surface area contributed by atoms with Gasteiger partial charge in [-0.05, 0) is 30.0 Å². The van der Waals surface area contributed by atoms with E-state index in [2.05, 4.69) is 5.32 Å². The highest BCUT2D eigenvalue weighted by atomic mass is 32.1. The van der Waals surface area contributed by atoms with E-state index in [-0.39, 0.29) is 18.0 Å². The molecule has 26 heavy (non-hydrogen) atoms. The van der Waals surface area contributed by atoms with Gasteiger partial charge in [0.15, 0.2) is 0 Å². The van der Waals surface area contributed by atoms with E-state index >= 15 is 0 Å². The van der Waals surface area contributed by atoms with Crippen LogP contribution in [0, 0.1) is 11.6 Å². The monoisotopic (exact) mass is 373 g/mol. The average Bonchev–Trinajstić information content (AvgIpc) is 3.10. The van der Waals surface area contributed by atoms with Gasteiger partial charge < -0.3 is 10.4 Å². The summed E-state index contributed by atoms with van der Waals surface area (Å²) in [5.41, 5.74) is -0.0398. The molecule has 0 saturated heterocycles. The van der Waals surface area contributed by atoms with Gasteiger partial charge in [0, 0.05) is 17.2 Å². The molecule has 0 saturated carbocycles. The molecule has 3 rings (SSSR count). The molecule has 0 aliphatic carbocycles. The zero-order valence-corrected chi connectivity index (χ0v) is 14.8. The Hall–Kier alpha value is -2.57. The summed E-state index contributed by atoms with van der Waals surface area (Å²) in [6, 6.07) is 14.3. The highest BCUT2D eigenvalue weighted by molar-refractivity contribution is 7.12. The molecule has 0 unspecified atom stereocenters. The van der Waals surface area contributed by atoms with Crippen LogP contribution in [0.4, 0.5) is 8.78 Å². The molecule has 0 fully saturated rings. The summed E-state index contributed by atoms with van der Waals surface area (Å²) in [5, 5.41) is 15.0. The minimum absolute atomic E-state index is 0.0753. The minimum atomic E-state index is -1.67. The lowest BCUT2D eigenvalue weighted by atomic mass is 9.95. The van der Waals surface area contributed by atoms with Gasteiger partial charge in [0.1, 0.15) is 17.2 Å². The van der Waals surface area contributed by atoms with Crippen LogP contribution in [0.15, 0.2) is 60.0 Å². The number of nitrogens with one attached hydrogen (secondary N) is 1. The van der Waals surface area contributed by atoms with Crippen LogP contribution in [0.25, 0.3) is 11.1 Å². The summed E-state index contributed by atoms with van der Waals surface area (Å²) in [7, 11) is 0. The topological polar surface area (TPSA) is 49.3 Å². The van der Waals surface area contributed by atoms with Crippen LogP contribution < -0.4 is 5.32 Å². The van der Waals surface area contributed by atoms with Crippen molar-refractivity contribution >= 4 is 17.2 Å². The molecule has 0 radical (unpaired) electrons. The highest BCUT2D eigenvalue weighted by Gasteiger charge is 2.28. The predicted octanol–water partition coefficient (Wildman–Crippen LogP) is 4.33. The molecule has 1 atom stereocenters. The van der Waals surface area contributed by atoms with E-state index in [0.717, 1.165) is 17.2 Å². The van der Waals surface area contributed by atoms with E-state index in [1.54, 1.807) is 0 Å². The van der Waals surface area contributed by atoms with Gasteiger partial charge in [-0.15, -0.1) is 11.3 Å². The lowest BCUT2D eigenvalue weighted by Gasteiger charge is -2.24. The first-order valence-corrected chi connectivity index (χ1v) is 8.85. The van der Waals surface area contributed by atoms with E-state index in [1.807, 2.05) is 41.8 Å². The maximum absolute atomic E-state index is 13.9. The van der Waals surface area contributed by atoms with Gasteiger partial charge in [0.2, 0.25) is 0 Å². The van der Waals surface area contributed by atoms with Gasteiger partial charge in [-0.3, -0.25) is 4.79 Å². The van der Waals surface area contributed by atoms with Crippen LogP contribution >= 0.6 is 11.3 Å². The molecule has 1 heterocycles. The Morgan fingerprint density at radius 1 is 1.15 bits per heavy atom. The van der Waals surface area contributed by atoms with Crippen molar-refractivity contribution in [2.75, 3.05) is 6.54 Å². The van der Waals surface area contributed by atoms with Gasteiger partial charge in [-0.25, -0.2) is 8.78 Å². The summed E-state index contributed by atoms with van der Waals surface area (Å²) in [4.78, 5) is 13.1. The fourth-order valence-electron chi connectivity index (χ4n) is 2.68. The van der Waals surface area contributed by atoms with Crippen LogP contribution in [0.3, 0.4) is 0 Å². The summed E-state index contributed by atoms with van der Waals surface area (Å²) in [5.74, 6) is -1.94. The second kappa shape index (κ2) is 7.35. The zero-order chi connectivity index (χ0) is 18.7. The molecular formula is C20H17F2NO2S. The molecular weight excluding hydrogens is 356 g/mol. The largest absolute Gasteiger partial charge is 0.383 e. The van der Waals surface area contributed by atoms with Crippen LogP contribution in [0.1, 0.15) is 22.2 Å². The van der Waals surface area contributed by atoms with Crippen LogP contribution in [0.2, 0.25) is 0 Å². The second-order valence-electron chi connectivity index (χ2n) is 6.11. The number of benzene rings is 2. The number of amides is 1. The van der Waals surface area contributed by atoms with E-state index in [9.17, 15) is 18.7 Å². The minimum Gasteiger partial charge on any atom is -0.383 e. The van der Waals surface area contributed by atoms with E-state index in [1.165, 1.54) is 24.3 Å². The molecule has 2 aromatic carbocycles. The quantitative estimate of drug-likeness (QED) is 0.699. The van der Waals surface area contributed by atoms with Gasteiger partial charge in [-0.1, -0.05) is 36.4 Å². The first-order chi connectivity index (χ1) is 12.4. The van der Waals surface area contributed by atoms with Crippen molar-refractivity contribution in [2.45, 2.75) is 12.5 Å². The van der Waals surface area contributed by atoms with Gasteiger partial charge in [0.25, 0.3) is 5.91 Å². The number of rotatable bonds is 5. The Labute approximate surface area is 153 Å². The Bertz CT molecular complexity index is 923. The van der Waals surface area contributed by atoms with Crippen molar-refractivity contribution in [3.63, 3.8) is 0 Å². The molecule has 0 aliphatic heterocycles. The maximum Gasteiger partial charge on any atom is 0.262 e. The molecule has 3 aromatic rings. The van der Waals surface area contributed by atoms with Crippen LogP contribution in [-0.2, 0) is 5.60 Å². The van der Waals surface area contributed by atoms with Crippen molar-refractivity contribution in [1.29, 1.82) is 0 Å². The lowest BCUT2D eigenvalue weighted by Crippen LogP contribution is -2.39. The summed E-state index contributed by atoms with van der Waals surface area (Å²) in [6.45, 7) is 1.16. The van der Waals surface area contributed by atoms with Gasteiger partial charge >= 0.3 is 0 Å².